The first-order chi connectivity index (χ1) is 10.9. The van der Waals surface area contributed by atoms with E-state index in [9.17, 15) is 9.59 Å². The summed E-state index contributed by atoms with van der Waals surface area (Å²) in [6, 6.07) is 9.40. The number of hydrogen-bond acceptors (Lipinski definition) is 4. The highest BCUT2D eigenvalue weighted by molar-refractivity contribution is 5.94. The van der Waals surface area contributed by atoms with E-state index in [0.717, 1.165) is 11.6 Å². The fourth-order valence-electron chi connectivity index (χ4n) is 2.27. The van der Waals surface area contributed by atoms with E-state index in [1.54, 1.807) is 12.1 Å². The minimum absolute atomic E-state index is 0.0552. The molecule has 0 aliphatic rings. The lowest BCUT2D eigenvalue weighted by Crippen LogP contribution is -2.04. The van der Waals surface area contributed by atoms with Crippen LogP contribution in [0.15, 0.2) is 36.4 Å². The zero-order valence-electron chi connectivity index (χ0n) is 12.7. The predicted octanol–water partition coefficient (Wildman–Crippen LogP) is 2.69. The van der Waals surface area contributed by atoms with Crippen LogP contribution in [0.25, 0.3) is 0 Å². The normalized spacial score (nSPS) is 10.2. The Morgan fingerprint density at radius 3 is 1.87 bits per heavy atom. The van der Waals surface area contributed by atoms with Crippen molar-refractivity contribution < 1.29 is 29.3 Å². The molecule has 0 fully saturated rings. The largest absolute Gasteiger partial charge is 0.493 e. The van der Waals surface area contributed by atoms with Gasteiger partial charge >= 0.3 is 11.9 Å². The van der Waals surface area contributed by atoms with Crippen molar-refractivity contribution in [3.05, 3.63) is 58.7 Å². The Morgan fingerprint density at radius 1 is 0.826 bits per heavy atom. The third kappa shape index (κ3) is 3.79. The fraction of sp³-hybridized carbons (Fsp3) is 0.176. The number of methoxy groups -OCH3 is 2. The highest BCUT2D eigenvalue weighted by atomic mass is 16.5. The molecular weight excluding hydrogens is 300 g/mol. The third-order valence-electron chi connectivity index (χ3n) is 3.34. The molecule has 0 saturated heterocycles. The maximum Gasteiger partial charge on any atom is 0.335 e. The first kappa shape index (κ1) is 16.4. The summed E-state index contributed by atoms with van der Waals surface area (Å²) in [5.41, 5.74) is 1.33. The van der Waals surface area contributed by atoms with Crippen molar-refractivity contribution in [3.63, 3.8) is 0 Å². The van der Waals surface area contributed by atoms with E-state index in [1.165, 1.54) is 26.4 Å². The zero-order chi connectivity index (χ0) is 17.0. The van der Waals surface area contributed by atoms with Crippen LogP contribution in [-0.4, -0.2) is 36.4 Å². The molecule has 0 aliphatic carbocycles. The minimum Gasteiger partial charge on any atom is -0.493 e. The van der Waals surface area contributed by atoms with Crippen molar-refractivity contribution in [1.29, 1.82) is 0 Å². The van der Waals surface area contributed by atoms with Gasteiger partial charge < -0.3 is 19.7 Å². The maximum absolute atomic E-state index is 11.1. The third-order valence-corrected chi connectivity index (χ3v) is 3.34. The van der Waals surface area contributed by atoms with Gasteiger partial charge in [-0.2, -0.15) is 0 Å². The van der Waals surface area contributed by atoms with Crippen LogP contribution in [0.1, 0.15) is 31.8 Å². The molecule has 6 nitrogen and oxygen atoms in total. The number of ether oxygens (including phenoxy) is 2. The van der Waals surface area contributed by atoms with Gasteiger partial charge in [0, 0.05) is 0 Å². The Balaban J connectivity index is 2.39. The van der Waals surface area contributed by atoms with Crippen molar-refractivity contribution in [2.24, 2.45) is 0 Å². The second-order valence-electron chi connectivity index (χ2n) is 4.90. The van der Waals surface area contributed by atoms with Crippen LogP contribution in [0.4, 0.5) is 0 Å². The molecule has 6 heteroatoms. The molecule has 120 valence electrons. The Bertz CT molecular complexity index is 718. The van der Waals surface area contributed by atoms with Crippen LogP contribution in [0.5, 0.6) is 11.5 Å². The Labute approximate surface area is 132 Å². The first-order valence-electron chi connectivity index (χ1n) is 6.76. The molecule has 0 radical (unpaired) electrons. The van der Waals surface area contributed by atoms with Crippen LogP contribution in [0.2, 0.25) is 0 Å². The molecule has 2 aromatic carbocycles. The van der Waals surface area contributed by atoms with Crippen LogP contribution >= 0.6 is 0 Å². The van der Waals surface area contributed by atoms with Gasteiger partial charge in [0.1, 0.15) is 0 Å². The number of hydrogen-bond donors (Lipinski definition) is 2. The van der Waals surface area contributed by atoms with E-state index in [0.29, 0.717) is 23.5 Å². The molecule has 0 aromatic heterocycles. The van der Waals surface area contributed by atoms with Crippen molar-refractivity contribution in [2.75, 3.05) is 14.2 Å². The van der Waals surface area contributed by atoms with E-state index >= 15 is 0 Å². The molecule has 0 heterocycles. The lowest BCUT2D eigenvalue weighted by Gasteiger charge is -2.10. The summed E-state index contributed by atoms with van der Waals surface area (Å²) in [5.74, 6) is -1.19. The van der Waals surface area contributed by atoms with E-state index < -0.39 is 11.9 Å². The second-order valence-corrected chi connectivity index (χ2v) is 4.90. The summed E-state index contributed by atoms with van der Waals surface area (Å²) in [5, 5.41) is 18.2. The molecule has 2 rings (SSSR count). The van der Waals surface area contributed by atoms with Crippen LogP contribution in [0, 0.1) is 0 Å². The molecule has 0 amide bonds. The molecule has 0 saturated carbocycles. The summed E-state index contributed by atoms with van der Waals surface area (Å²) in [6.45, 7) is 0. The fourth-order valence-corrected chi connectivity index (χ4v) is 2.27. The number of carboxylic acid groups (broad SMARTS) is 2. The first-order valence-corrected chi connectivity index (χ1v) is 6.76. The molecule has 2 aromatic rings. The van der Waals surface area contributed by atoms with Crippen molar-refractivity contribution in [1.82, 2.24) is 0 Å². The van der Waals surface area contributed by atoms with Gasteiger partial charge in [0.25, 0.3) is 0 Å². The standard InChI is InChI=1S/C17H16O6/c1-22-14-4-3-10(8-15(14)23-2)5-11-6-12(16(18)19)9-13(7-11)17(20)21/h3-4,6-9H,5H2,1-2H3,(H,18,19)(H,20,21). The van der Waals surface area contributed by atoms with E-state index in [2.05, 4.69) is 0 Å². The molecule has 0 aliphatic heterocycles. The lowest BCUT2D eigenvalue weighted by atomic mass is 9.99. The Hall–Kier alpha value is -3.02. The SMILES string of the molecule is COc1ccc(Cc2cc(C(=O)O)cc(C(=O)O)c2)cc1OC. The number of aromatic carboxylic acids is 2. The van der Waals surface area contributed by atoms with Gasteiger partial charge in [-0.15, -0.1) is 0 Å². The van der Waals surface area contributed by atoms with Gasteiger partial charge in [0.05, 0.1) is 25.3 Å². The molecule has 0 spiro atoms. The Kier molecular flexibility index (Phi) is 4.85. The molecular formula is C17H16O6. The van der Waals surface area contributed by atoms with E-state index in [-0.39, 0.29) is 11.1 Å². The summed E-state index contributed by atoms with van der Waals surface area (Å²) in [4.78, 5) is 22.3. The smallest absolute Gasteiger partial charge is 0.335 e. The zero-order valence-corrected chi connectivity index (χ0v) is 12.7. The quantitative estimate of drug-likeness (QED) is 0.851. The van der Waals surface area contributed by atoms with Gasteiger partial charge in [0.2, 0.25) is 0 Å². The number of carbonyl (C=O) groups is 2. The van der Waals surface area contributed by atoms with E-state index in [4.69, 9.17) is 19.7 Å². The van der Waals surface area contributed by atoms with Gasteiger partial charge in [-0.25, -0.2) is 9.59 Å². The van der Waals surface area contributed by atoms with Crippen molar-refractivity contribution in [2.45, 2.75) is 6.42 Å². The Morgan fingerprint density at radius 2 is 1.39 bits per heavy atom. The van der Waals surface area contributed by atoms with Crippen molar-refractivity contribution in [3.8, 4) is 11.5 Å². The van der Waals surface area contributed by atoms with Gasteiger partial charge in [-0.05, 0) is 47.9 Å². The molecule has 23 heavy (non-hydrogen) atoms. The van der Waals surface area contributed by atoms with Crippen LogP contribution in [-0.2, 0) is 6.42 Å². The van der Waals surface area contributed by atoms with E-state index in [1.807, 2.05) is 6.07 Å². The average molecular weight is 316 g/mol. The second kappa shape index (κ2) is 6.83. The predicted molar refractivity (Wildman–Crippen MR) is 82.7 cm³/mol. The lowest BCUT2D eigenvalue weighted by molar-refractivity contribution is 0.0696. The molecule has 0 unspecified atom stereocenters. The van der Waals surface area contributed by atoms with Crippen LogP contribution < -0.4 is 9.47 Å². The maximum atomic E-state index is 11.1. The number of benzene rings is 2. The monoisotopic (exact) mass is 316 g/mol. The summed E-state index contributed by atoms with van der Waals surface area (Å²) in [7, 11) is 3.06. The highest BCUT2D eigenvalue weighted by Gasteiger charge is 2.12. The number of carboxylic acids is 2. The number of rotatable bonds is 6. The summed E-state index contributed by atoms with van der Waals surface area (Å²) < 4.78 is 10.4. The molecule has 2 N–H and O–H groups in total. The highest BCUT2D eigenvalue weighted by Crippen LogP contribution is 2.28. The summed E-state index contributed by atoms with van der Waals surface area (Å²) in [6.07, 6.45) is 0.377. The van der Waals surface area contributed by atoms with Gasteiger partial charge in [-0.1, -0.05) is 6.07 Å². The molecule has 0 atom stereocenters. The minimum atomic E-state index is -1.17. The summed E-state index contributed by atoms with van der Waals surface area (Å²) >= 11 is 0. The topological polar surface area (TPSA) is 93.1 Å². The molecule has 0 bridgehead atoms. The average Bonchev–Trinajstić information content (AvgIpc) is 2.54. The van der Waals surface area contributed by atoms with Crippen molar-refractivity contribution >= 4 is 11.9 Å². The van der Waals surface area contributed by atoms with Gasteiger partial charge in [-0.3, -0.25) is 0 Å². The van der Waals surface area contributed by atoms with Gasteiger partial charge in [0.15, 0.2) is 11.5 Å². The van der Waals surface area contributed by atoms with Crippen LogP contribution in [0.3, 0.4) is 0 Å².